The summed E-state index contributed by atoms with van der Waals surface area (Å²) in [6.07, 6.45) is 3.56. The second-order valence-corrected chi connectivity index (χ2v) is 5.66. The van der Waals surface area contributed by atoms with E-state index in [2.05, 4.69) is 0 Å². The van der Waals surface area contributed by atoms with Crippen LogP contribution in [0, 0.1) is 6.92 Å². The Bertz CT molecular complexity index is 817. The fourth-order valence-electron chi connectivity index (χ4n) is 2.35. The van der Waals surface area contributed by atoms with E-state index in [0.717, 1.165) is 22.4 Å². The normalized spacial score (nSPS) is 15.5. The third-order valence-electron chi connectivity index (χ3n) is 3.64. The van der Waals surface area contributed by atoms with Crippen molar-refractivity contribution in [3.63, 3.8) is 0 Å². The van der Waals surface area contributed by atoms with Gasteiger partial charge in [0, 0.05) is 10.6 Å². The SMILES string of the molecule is COc1ccc(C=C2C=C(c3ccc(Cl)cc3)OC2=O)c(C)c1. The summed E-state index contributed by atoms with van der Waals surface area (Å²) < 4.78 is 10.5. The van der Waals surface area contributed by atoms with Crippen LogP contribution in [0.1, 0.15) is 16.7 Å². The second-order valence-electron chi connectivity index (χ2n) is 5.23. The summed E-state index contributed by atoms with van der Waals surface area (Å²) >= 11 is 5.88. The maximum Gasteiger partial charge on any atom is 0.343 e. The number of esters is 1. The van der Waals surface area contributed by atoms with Crippen LogP contribution in [0.2, 0.25) is 5.02 Å². The summed E-state index contributed by atoms with van der Waals surface area (Å²) in [4.78, 5) is 12.1. The van der Waals surface area contributed by atoms with Crippen molar-refractivity contribution in [3.05, 3.63) is 75.8 Å². The standard InChI is InChI=1S/C19H15ClO3/c1-12-9-17(22-2)8-5-14(12)10-15-11-18(23-19(15)21)13-3-6-16(20)7-4-13/h3-11H,1-2H3. The van der Waals surface area contributed by atoms with Gasteiger partial charge in [0.05, 0.1) is 12.7 Å². The number of hydrogen-bond donors (Lipinski definition) is 0. The molecule has 0 fully saturated rings. The van der Waals surface area contributed by atoms with Crippen molar-refractivity contribution in [1.29, 1.82) is 0 Å². The Morgan fingerprint density at radius 3 is 2.52 bits per heavy atom. The van der Waals surface area contributed by atoms with Crippen molar-refractivity contribution in [2.45, 2.75) is 6.92 Å². The molecule has 0 radical (unpaired) electrons. The van der Waals surface area contributed by atoms with Gasteiger partial charge in [-0.3, -0.25) is 0 Å². The Hall–Kier alpha value is -2.52. The third-order valence-corrected chi connectivity index (χ3v) is 3.89. The summed E-state index contributed by atoms with van der Waals surface area (Å²) in [5.74, 6) is 0.963. The van der Waals surface area contributed by atoms with Crippen molar-refractivity contribution in [2.24, 2.45) is 0 Å². The summed E-state index contributed by atoms with van der Waals surface area (Å²) in [6.45, 7) is 1.97. The van der Waals surface area contributed by atoms with E-state index in [9.17, 15) is 4.79 Å². The quantitative estimate of drug-likeness (QED) is 0.609. The Morgan fingerprint density at radius 1 is 1.13 bits per heavy atom. The predicted octanol–water partition coefficient (Wildman–Crippen LogP) is 4.64. The number of benzene rings is 2. The zero-order chi connectivity index (χ0) is 16.4. The van der Waals surface area contributed by atoms with Crippen molar-refractivity contribution < 1.29 is 14.3 Å². The minimum atomic E-state index is -0.356. The molecule has 0 bridgehead atoms. The summed E-state index contributed by atoms with van der Waals surface area (Å²) in [7, 11) is 1.63. The maximum atomic E-state index is 12.1. The number of carbonyl (C=O) groups excluding carboxylic acids is 1. The predicted molar refractivity (Wildman–Crippen MR) is 91.2 cm³/mol. The van der Waals surface area contributed by atoms with Gasteiger partial charge in [0.1, 0.15) is 11.5 Å². The molecule has 0 unspecified atom stereocenters. The van der Waals surface area contributed by atoms with Gasteiger partial charge in [0.2, 0.25) is 0 Å². The zero-order valence-corrected chi connectivity index (χ0v) is 13.6. The van der Waals surface area contributed by atoms with Gasteiger partial charge in [0.15, 0.2) is 0 Å². The molecule has 0 saturated heterocycles. The molecule has 1 aliphatic rings. The van der Waals surface area contributed by atoms with Gasteiger partial charge < -0.3 is 9.47 Å². The first kappa shape index (κ1) is 15.4. The molecule has 23 heavy (non-hydrogen) atoms. The van der Waals surface area contributed by atoms with Gasteiger partial charge in [-0.25, -0.2) is 4.79 Å². The van der Waals surface area contributed by atoms with Crippen LogP contribution in [0.5, 0.6) is 5.75 Å². The number of aryl methyl sites for hydroxylation is 1. The van der Waals surface area contributed by atoms with Gasteiger partial charge >= 0.3 is 5.97 Å². The molecule has 0 spiro atoms. The Morgan fingerprint density at radius 2 is 1.87 bits per heavy atom. The van der Waals surface area contributed by atoms with Crippen LogP contribution in [-0.4, -0.2) is 13.1 Å². The van der Waals surface area contributed by atoms with E-state index in [1.54, 1.807) is 25.3 Å². The van der Waals surface area contributed by atoms with Crippen LogP contribution in [0.25, 0.3) is 11.8 Å². The zero-order valence-electron chi connectivity index (χ0n) is 12.8. The summed E-state index contributed by atoms with van der Waals surface area (Å²) in [6, 6.07) is 12.9. The average Bonchev–Trinajstić information content (AvgIpc) is 2.91. The minimum absolute atomic E-state index is 0.356. The highest BCUT2D eigenvalue weighted by molar-refractivity contribution is 6.30. The maximum absolute atomic E-state index is 12.1. The van der Waals surface area contributed by atoms with Gasteiger partial charge in [-0.1, -0.05) is 17.7 Å². The molecule has 2 aromatic carbocycles. The van der Waals surface area contributed by atoms with Crippen LogP contribution in [-0.2, 0) is 9.53 Å². The molecular formula is C19H15ClO3. The second kappa shape index (κ2) is 6.31. The fraction of sp³-hybridized carbons (Fsp3) is 0.105. The van der Waals surface area contributed by atoms with Gasteiger partial charge in [0.25, 0.3) is 0 Å². The highest BCUT2D eigenvalue weighted by atomic mass is 35.5. The number of hydrogen-bond acceptors (Lipinski definition) is 3. The van der Waals surface area contributed by atoms with Crippen LogP contribution in [0.3, 0.4) is 0 Å². The third kappa shape index (κ3) is 3.30. The smallest absolute Gasteiger partial charge is 0.343 e. The molecule has 3 rings (SSSR count). The highest BCUT2D eigenvalue weighted by Crippen LogP contribution is 2.29. The molecule has 1 heterocycles. The number of methoxy groups -OCH3 is 1. The molecule has 0 saturated carbocycles. The summed E-state index contributed by atoms with van der Waals surface area (Å²) in [5, 5.41) is 0.642. The first-order valence-electron chi connectivity index (χ1n) is 7.13. The minimum Gasteiger partial charge on any atom is -0.497 e. The number of cyclic esters (lactones) is 1. The van der Waals surface area contributed by atoms with Crippen molar-refractivity contribution >= 4 is 29.4 Å². The van der Waals surface area contributed by atoms with Crippen molar-refractivity contribution in [1.82, 2.24) is 0 Å². The molecule has 3 nitrogen and oxygen atoms in total. The molecular weight excluding hydrogens is 312 g/mol. The van der Waals surface area contributed by atoms with Crippen molar-refractivity contribution in [2.75, 3.05) is 7.11 Å². The molecule has 0 atom stereocenters. The first-order valence-corrected chi connectivity index (χ1v) is 7.51. The first-order chi connectivity index (χ1) is 11.1. The molecule has 2 aromatic rings. The molecule has 4 heteroatoms. The van der Waals surface area contributed by atoms with Crippen LogP contribution >= 0.6 is 11.6 Å². The van der Waals surface area contributed by atoms with E-state index in [1.165, 1.54) is 0 Å². The van der Waals surface area contributed by atoms with Crippen LogP contribution in [0.15, 0.2) is 54.1 Å². The lowest BCUT2D eigenvalue weighted by atomic mass is 10.0. The largest absolute Gasteiger partial charge is 0.497 e. The lowest BCUT2D eigenvalue weighted by molar-refractivity contribution is -0.130. The fourth-order valence-corrected chi connectivity index (χ4v) is 2.48. The molecule has 0 amide bonds. The lowest BCUT2D eigenvalue weighted by Crippen LogP contribution is -1.97. The van der Waals surface area contributed by atoms with Crippen LogP contribution in [0.4, 0.5) is 0 Å². The van der Waals surface area contributed by atoms with E-state index < -0.39 is 0 Å². The van der Waals surface area contributed by atoms with Gasteiger partial charge in [-0.05, 0) is 66.6 Å². The van der Waals surface area contributed by atoms with E-state index in [-0.39, 0.29) is 5.97 Å². The Balaban J connectivity index is 1.93. The molecule has 116 valence electrons. The molecule has 0 aromatic heterocycles. The van der Waals surface area contributed by atoms with Gasteiger partial charge in [-0.2, -0.15) is 0 Å². The lowest BCUT2D eigenvalue weighted by Gasteiger charge is -2.04. The number of carbonyl (C=O) groups is 1. The Kier molecular flexibility index (Phi) is 4.22. The number of rotatable bonds is 3. The van der Waals surface area contributed by atoms with Crippen molar-refractivity contribution in [3.8, 4) is 5.75 Å². The van der Waals surface area contributed by atoms with Gasteiger partial charge in [-0.15, -0.1) is 0 Å². The van der Waals surface area contributed by atoms with E-state index in [0.29, 0.717) is 16.4 Å². The molecule has 0 N–H and O–H groups in total. The summed E-state index contributed by atoms with van der Waals surface area (Å²) in [5.41, 5.74) is 3.31. The van der Waals surface area contributed by atoms with E-state index in [1.807, 2.05) is 43.3 Å². The topological polar surface area (TPSA) is 35.5 Å². The molecule has 1 aliphatic heterocycles. The monoisotopic (exact) mass is 326 g/mol. The number of ether oxygens (including phenoxy) is 2. The van der Waals surface area contributed by atoms with E-state index >= 15 is 0 Å². The van der Waals surface area contributed by atoms with E-state index in [4.69, 9.17) is 21.1 Å². The Labute approximate surface area is 139 Å². The average molecular weight is 327 g/mol. The number of halogens is 1. The highest BCUT2D eigenvalue weighted by Gasteiger charge is 2.22. The van der Waals surface area contributed by atoms with Crippen LogP contribution < -0.4 is 4.74 Å². The molecule has 0 aliphatic carbocycles.